The number of rotatable bonds is 10. The number of pyridine rings is 1. The van der Waals surface area contributed by atoms with E-state index in [4.69, 9.17) is 27.6 Å². The fourth-order valence-electron chi connectivity index (χ4n) is 3.51. The van der Waals surface area contributed by atoms with Crippen LogP contribution in [0.2, 0.25) is 28.2 Å². The Balaban J connectivity index is 2.23. The van der Waals surface area contributed by atoms with E-state index in [2.05, 4.69) is 31.1 Å². The molecule has 1 aromatic heterocycles. The van der Waals surface area contributed by atoms with Gasteiger partial charge in [0.25, 0.3) is 0 Å². The van der Waals surface area contributed by atoms with E-state index >= 15 is 0 Å². The van der Waals surface area contributed by atoms with Gasteiger partial charge in [-0.1, -0.05) is 0 Å². The molecule has 0 saturated heterocycles. The molecular weight excluding hydrogens is 421 g/mol. The summed E-state index contributed by atoms with van der Waals surface area (Å²) >= 11 is 12.8. The Bertz CT molecular complexity index is 742. The van der Waals surface area contributed by atoms with Crippen LogP contribution in [0.1, 0.15) is 38.0 Å². The van der Waals surface area contributed by atoms with Crippen LogP contribution in [0.15, 0.2) is 30.6 Å². The topological polar surface area (TPSA) is 34.1 Å². The number of benzene rings is 1. The predicted octanol–water partition coefficient (Wildman–Crippen LogP) is 6.25. The average molecular weight is 448 g/mol. The van der Waals surface area contributed by atoms with Gasteiger partial charge in [0.15, 0.2) is 0 Å². The van der Waals surface area contributed by atoms with Gasteiger partial charge in [-0.05, 0) is 0 Å². The van der Waals surface area contributed by atoms with E-state index in [0.29, 0.717) is 34.3 Å². The van der Waals surface area contributed by atoms with E-state index in [1.165, 1.54) is 12.1 Å². The standard InChI is InChI=1S/C20H27Cl2F2N2OSi/c1-4-28(5-2,6-3)27-19(20-17(21)11-26-12-18(20)22)13-25-10-14-7-15(23)9-16(24)8-14/h7-9,11-12,19,25,28H,4-6,10,13H2,1-3H3/q-1. The quantitative estimate of drug-likeness (QED) is 0.436. The van der Waals surface area contributed by atoms with Gasteiger partial charge in [-0.25, -0.2) is 0 Å². The minimum absolute atomic E-state index is 0.302. The number of hydrogen-bond donors (Lipinski definition) is 1. The van der Waals surface area contributed by atoms with Crippen molar-refractivity contribution in [3.05, 3.63) is 63.4 Å². The van der Waals surface area contributed by atoms with Gasteiger partial charge in [-0.15, -0.1) is 0 Å². The summed E-state index contributed by atoms with van der Waals surface area (Å²) in [6.07, 6.45) is 2.75. The van der Waals surface area contributed by atoms with Crippen LogP contribution < -0.4 is 5.32 Å². The molecule has 3 nitrogen and oxygen atoms in total. The molecule has 1 aromatic carbocycles. The molecule has 0 spiro atoms. The number of nitrogens with one attached hydrogen (secondary N) is 1. The van der Waals surface area contributed by atoms with Crippen LogP contribution in [0.25, 0.3) is 0 Å². The van der Waals surface area contributed by atoms with E-state index in [0.717, 1.165) is 24.2 Å². The van der Waals surface area contributed by atoms with Gasteiger partial charge in [-0.2, -0.15) is 0 Å². The van der Waals surface area contributed by atoms with Crippen molar-refractivity contribution in [3.8, 4) is 0 Å². The van der Waals surface area contributed by atoms with Crippen molar-refractivity contribution >= 4 is 31.5 Å². The second-order valence-corrected chi connectivity index (χ2v) is 13.4. The van der Waals surface area contributed by atoms with Gasteiger partial charge in [0, 0.05) is 0 Å². The Morgan fingerprint density at radius 3 is 2.04 bits per heavy atom. The zero-order chi connectivity index (χ0) is 20.7. The molecule has 2 aromatic rings. The number of nitrogens with zero attached hydrogens (tertiary/aromatic N) is 1. The first-order valence-electron chi connectivity index (χ1n) is 9.66. The summed E-state index contributed by atoms with van der Waals surface area (Å²) in [7, 11) is -2.28. The summed E-state index contributed by atoms with van der Waals surface area (Å²) in [5.41, 5.74) is 1.23. The average Bonchev–Trinajstić information content (AvgIpc) is 2.65. The molecular formula is C20H27Cl2F2N2OSi-. The first-order chi connectivity index (χ1) is 13.3. The van der Waals surface area contributed by atoms with Crippen LogP contribution in [0.4, 0.5) is 8.78 Å². The summed E-state index contributed by atoms with van der Waals surface area (Å²) in [6.45, 7) is 7.20. The van der Waals surface area contributed by atoms with Gasteiger partial charge >= 0.3 is 177 Å². The van der Waals surface area contributed by atoms with Crippen molar-refractivity contribution in [1.82, 2.24) is 10.3 Å². The maximum atomic E-state index is 13.4. The van der Waals surface area contributed by atoms with Gasteiger partial charge in [-0.3, -0.25) is 0 Å². The monoisotopic (exact) mass is 447 g/mol. The molecule has 0 aliphatic carbocycles. The molecule has 0 fully saturated rings. The van der Waals surface area contributed by atoms with Crippen molar-refractivity contribution in [2.45, 2.75) is 51.6 Å². The molecule has 0 radical (unpaired) electrons. The number of hydrogen-bond acceptors (Lipinski definition) is 3. The molecule has 0 aliphatic rings. The minimum atomic E-state index is -2.28. The molecule has 2 rings (SSSR count). The summed E-state index contributed by atoms with van der Waals surface area (Å²) in [5, 5.41) is 4.14. The molecule has 1 atom stereocenters. The molecule has 28 heavy (non-hydrogen) atoms. The zero-order valence-electron chi connectivity index (χ0n) is 16.4. The number of aromatic nitrogens is 1. The molecule has 1 N–H and O–H groups in total. The summed E-state index contributed by atoms with van der Waals surface area (Å²) in [5.74, 6) is -1.19. The van der Waals surface area contributed by atoms with Crippen LogP contribution in [0, 0.1) is 11.6 Å². The second kappa shape index (κ2) is 10.6. The van der Waals surface area contributed by atoms with Gasteiger partial charge in [0.2, 0.25) is 0 Å². The summed E-state index contributed by atoms with van der Waals surface area (Å²) in [4.78, 5) is 4.02. The predicted molar refractivity (Wildman–Crippen MR) is 115 cm³/mol. The van der Waals surface area contributed by atoms with Crippen LogP contribution >= 0.6 is 23.2 Å². The van der Waals surface area contributed by atoms with Crippen molar-refractivity contribution in [2.75, 3.05) is 6.54 Å². The molecule has 1 unspecified atom stereocenters. The fourth-order valence-corrected chi connectivity index (χ4v) is 7.36. The zero-order valence-corrected chi connectivity index (χ0v) is 19.1. The number of halogens is 4. The molecule has 0 amide bonds. The van der Waals surface area contributed by atoms with Crippen molar-refractivity contribution < 1.29 is 13.2 Å². The Kier molecular flexibility index (Phi) is 8.83. The van der Waals surface area contributed by atoms with Crippen molar-refractivity contribution in [2.24, 2.45) is 0 Å². The Hall–Kier alpha value is -1.05. The van der Waals surface area contributed by atoms with E-state index in [-0.39, 0.29) is 6.10 Å². The molecule has 0 saturated carbocycles. The van der Waals surface area contributed by atoms with Gasteiger partial charge in [0.1, 0.15) is 0 Å². The molecule has 1 heterocycles. The molecule has 156 valence electrons. The molecule has 0 bridgehead atoms. The molecule has 8 heteroatoms. The summed E-state index contributed by atoms with van der Waals surface area (Å²) < 4.78 is 33.5. The van der Waals surface area contributed by atoms with Gasteiger partial charge < -0.3 is 0 Å². The van der Waals surface area contributed by atoms with Crippen LogP contribution in [-0.4, -0.2) is 19.8 Å². The fraction of sp³-hybridized carbons (Fsp3) is 0.450. The van der Waals surface area contributed by atoms with Gasteiger partial charge in [0.05, 0.1) is 0 Å². The van der Waals surface area contributed by atoms with E-state index < -0.39 is 20.0 Å². The van der Waals surface area contributed by atoms with Crippen molar-refractivity contribution in [1.29, 1.82) is 0 Å². The molecule has 0 aliphatic heterocycles. The normalized spacial score (nSPS) is 13.5. The van der Waals surface area contributed by atoms with E-state index in [1.807, 2.05) is 0 Å². The van der Waals surface area contributed by atoms with Crippen molar-refractivity contribution in [3.63, 3.8) is 0 Å². The van der Waals surface area contributed by atoms with E-state index in [1.54, 1.807) is 12.4 Å². The third-order valence-electron chi connectivity index (χ3n) is 5.48. The Labute approximate surface area is 176 Å². The van der Waals surface area contributed by atoms with Crippen LogP contribution in [0.5, 0.6) is 0 Å². The Morgan fingerprint density at radius 1 is 1.00 bits per heavy atom. The van der Waals surface area contributed by atoms with Crippen LogP contribution in [0.3, 0.4) is 0 Å². The third kappa shape index (κ3) is 5.97. The maximum absolute atomic E-state index is 13.4. The Morgan fingerprint density at radius 2 is 1.54 bits per heavy atom. The second-order valence-electron chi connectivity index (χ2n) is 7.14. The third-order valence-corrected chi connectivity index (χ3v) is 11.5. The SMILES string of the molecule is CC[SiH-](CC)(CC)OC(CNCc1cc(F)cc(F)c1)c1c(Cl)cncc1Cl. The van der Waals surface area contributed by atoms with E-state index in [9.17, 15) is 8.78 Å². The first kappa shape index (κ1) is 23.2. The van der Waals surface area contributed by atoms with Crippen LogP contribution in [-0.2, 0) is 11.0 Å². The summed E-state index contributed by atoms with van der Waals surface area (Å²) in [6, 6.07) is 6.49. The first-order valence-corrected chi connectivity index (χ1v) is 13.3.